The van der Waals surface area contributed by atoms with Crippen LogP contribution < -0.4 is 16.2 Å². The summed E-state index contributed by atoms with van der Waals surface area (Å²) < 4.78 is 5.40. The molecule has 0 aliphatic heterocycles. The third kappa shape index (κ3) is 2.97. The Labute approximate surface area is 89.9 Å². The van der Waals surface area contributed by atoms with Crippen molar-refractivity contribution in [2.75, 3.05) is 18.1 Å². The molecule has 0 saturated carbocycles. The normalized spacial score (nSPS) is 10.3. The molecule has 4 N–H and O–H groups in total. The first kappa shape index (κ1) is 11.6. The second-order valence-corrected chi connectivity index (χ2v) is 3.34. The molecule has 5 nitrogen and oxygen atoms in total. The van der Waals surface area contributed by atoms with Gasteiger partial charge in [0.05, 0.1) is 6.61 Å². The standard InChI is InChI=1S/C10H18N4O/c1-3-5-7-13-9(12)8(11)10(14-7)15-6-4-2/h3-6,11H2,1-2H3,(H2,12,13,14). The summed E-state index contributed by atoms with van der Waals surface area (Å²) >= 11 is 0. The van der Waals surface area contributed by atoms with E-state index < -0.39 is 0 Å². The van der Waals surface area contributed by atoms with Crippen LogP contribution in [0, 0.1) is 0 Å². The van der Waals surface area contributed by atoms with E-state index in [9.17, 15) is 0 Å². The van der Waals surface area contributed by atoms with Gasteiger partial charge in [0.25, 0.3) is 0 Å². The Morgan fingerprint density at radius 3 is 2.47 bits per heavy atom. The summed E-state index contributed by atoms with van der Waals surface area (Å²) in [6.07, 6.45) is 2.66. The summed E-state index contributed by atoms with van der Waals surface area (Å²) in [5.41, 5.74) is 11.7. The van der Waals surface area contributed by atoms with E-state index in [1.54, 1.807) is 0 Å². The molecule has 1 rings (SSSR count). The molecule has 0 radical (unpaired) electrons. The minimum atomic E-state index is 0.305. The lowest BCUT2D eigenvalue weighted by molar-refractivity contribution is 0.305. The van der Waals surface area contributed by atoms with Crippen LogP contribution in [0.5, 0.6) is 5.88 Å². The molecule has 0 unspecified atom stereocenters. The van der Waals surface area contributed by atoms with Gasteiger partial charge in [0.1, 0.15) is 11.5 Å². The molecule has 84 valence electrons. The monoisotopic (exact) mass is 210 g/mol. The number of nitrogen functional groups attached to an aromatic ring is 2. The van der Waals surface area contributed by atoms with Gasteiger partial charge >= 0.3 is 0 Å². The highest BCUT2D eigenvalue weighted by atomic mass is 16.5. The molecule has 0 amide bonds. The van der Waals surface area contributed by atoms with E-state index in [1.165, 1.54) is 0 Å². The van der Waals surface area contributed by atoms with Crippen molar-refractivity contribution in [2.24, 2.45) is 0 Å². The van der Waals surface area contributed by atoms with Crippen LogP contribution >= 0.6 is 0 Å². The number of anilines is 2. The van der Waals surface area contributed by atoms with E-state index >= 15 is 0 Å². The Bertz CT molecular complexity index is 327. The summed E-state index contributed by atoms with van der Waals surface area (Å²) in [6.45, 7) is 4.67. The molecule has 0 spiro atoms. The van der Waals surface area contributed by atoms with Crippen molar-refractivity contribution in [1.29, 1.82) is 0 Å². The number of ether oxygens (including phenoxy) is 1. The van der Waals surface area contributed by atoms with E-state index in [0.717, 1.165) is 19.3 Å². The molecule has 0 saturated heterocycles. The quantitative estimate of drug-likeness (QED) is 0.766. The Balaban J connectivity index is 2.91. The average molecular weight is 210 g/mol. The number of aryl methyl sites for hydroxylation is 1. The number of nitrogens with two attached hydrogens (primary N) is 2. The fraction of sp³-hybridized carbons (Fsp3) is 0.600. The highest BCUT2D eigenvalue weighted by molar-refractivity contribution is 5.64. The van der Waals surface area contributed by atoms with Gasteiger partial charge in [-0.2, -0.15) is 4.98 Å². The molecule has 15 heavy (non-hydrogen) atoms. The maximum atomic E-state index is 5.71. The minimum absolute atomic E-state index is 0.305. The molecule has 1 heterocycles. The first-order valence-electron chi connectivity index (χ1n) is 5.23. The molecule has 0 aliphatic rings. The second kappa shape index (κ2) is 5.38. The number of hydrogen-bond donors (Lipinski definition) is 2. The van der Waals surface area contributed by atoms with Gasteiger partial charge in [0.2, 0.25) is 5.88 Å². The fourth-order valence-electron chi connectivity index (χ4n) is 1.16. The SMILES string of the molecule is CCCOc1nc(CCC)nc(N)c1N. The molecular formula is C10H18N4O. The first-order valence-corrected chi connectivity index (χ1v) is 5.23. The van der Waals surface area contributed by atoms with Crippen LogP contribution in [0.2, 0.25) is 0 Å². The third-order valence-corrected chi connectivity index (χ3v) is 1.90. The summed E-state index contributed by atoms with van der Waals surface area (Å²) in [6, 6.07) is 0. The first-order chi connectivity index (χ1) is 7.19. The van der Waals surface area contributed by atoms with Crippen molar-refractivity contribution in [3.63, 3.8) is 0 Å². The van der Waals surface area contributed by atoms with E-state index in [4.69, 9.17) is 16.2 Å². The van der Waals surface area contributed by atoms with Crippen LogP contribution in [0.4, 0.5) is 11.5 Å². The van der Waals surface area contributed by atoms with Crippen LogP contribution in [-0.4, -0.2) is 16.6 Å². The van der Waals surface area contributed by atoms with Gasteiger partial charge in [-0.1, -0.05) is 13.8 Å². The lowest BCUT2D eigenvalue weighted by Gasteiger charge is -2.09. The van der Waals surface area contributed by atoms with E-state index in [0.29, 0.717) is 29.8 Å². The predicted octanol–water partition coefficient (Wildman–Crippen LogP) is 1.38. The molecule has 0 fully saturated rings. The van der Waals surface area contributed by atoms with Gasteiger partial charge in [0.15, 0.2) is 5.82 Å². The van der Waals surface area contributed by atoms with Crippen LogP contribution in [0.3, 0.4) is 0 Å². The molecule has 1 aromatic rings. The summed E-state index contributed by atoms with van der Waals surface area (Å²) in [7, 11) is 0. The van der Waals surface area contributed by atoms with Crippen molar-refractivity contribution in [3.05, 3.63) is 5.82 Å². The zero-order valence-electron chi connectivity index (χ0n) is 9.29. The van der Waals surface area contributed by atoms with Gasteiger partial charge in [-0.25, -0.2) is 4.98 Å². The van der Waals surface area contributed by atoms with Gasteiger partial charge in [0, 0.05) is 6.42 Å². The van der Waals surface area contributed by atoms with E-state index in [2.05, 4.69) is 16.9 Å². The van der Waals surface area contributed by atoms with Crippen molar-refractivity contribution in [3.8, 4) is 5.88 Å². The van der Waals surface area contributed by atoms with Crippen molar-refractivity contribution < 1.29 is 4.74 Å². The van der Waals surface area contributed by atoms with E-state index in [1.807, 2.05) is 6.92 Å². The Hall–Kier alpha value is -1.52. The Morgan fingerprint density at radius 2 is 1.87 bits per heavy atom. The third-order valence-electron chi connectivity index (χ3n) is 1.90. The Morgan fingerprint density at radius 1 is 1.13 bits per heavy atom. The largest absolute Gasteiger partial charge is 0.476 e. The zero-order chi connectivity index (χ0) is 11.3. The summed E-state index contributed by atoms with van der Waals surface area (Å²) in [4.78, 5) is 8.31. The zero-order valence-corrected chi connectivity index (χ0v) is 9.29. The van der Waals surface area contributed by atoms with Crippen LogP contribution in [0.1, 0.15) is 32.5 Å². The molecule has 0 aliphatic carbocycles. The van der Waals surface area contributed by atoms with Crippen molar-refractivity contribution in [1.82, 2.24) is 9.97 Å². The average Bonchev–Trinajstić information content (AvgIpc) is 2.21. The number of nitrogens with zero attached hydrogens (tertiary/aromatic N) is 2. The maximum Gasteiger partial charge on any atom is 0.242 e. The molecule has 1 aromatic heterocycles. The second-order valence-electron chi connectivity index (χ2n) is 3.34. The van der Waals surface area contributed by atoms with Crippen molar-refractivity contribution in [2.45, 2.75) is 33.1 Å². The van der Waals surface area contributed by atoms with E-state index in [-0.39, 0.29) is 0 Å². The molecule has 5 heteroatoms. The minimum Gasteiger partial charge on any atom is -0.476 e. The summed E-state index contributed by atoms with van der Waals surface area (Å²) in [5.74, 6) is 1.41. The fourth-order valence-corrected chi connectivity index (χ4v) is 1.16. The predicted molar refractivity (Wildman–Crippen MR) is 60.6 cm³/mol. The molecular weight excluding hydrogens is 192 g/mol. The molecule has 0 aromatic carbocycles. The lowest BCUT2D eigenvalue weighted by atomic mass is 10.3. The maximum absolute atomic E-state index is 5.71. The number of rotatable bonds is 5. The van der Waals surface area contributed by atoms with Crippen molar-refractivity contribution >= 4 is 11.5 Å². The highest BCUT2D eigenvalue weighted by Gasteiger charge is 2.09. The lowest BCUT2D eigenvalue weighted by Crippen LogP contribution is -2.09. The van der Waals surface area contributed by atoms with Gasteiger partial charge in [-0.15, -0.1) is 0 Å². The van der Waals surface area contributed by atoms with Gasteiger partial charge < -0.3 is 16.2 Å². The van der Waals surface area contributed by atoms with Gasteiger partial charge in [-0.05, 0) is 12.8 Å². The van der Waals surface area contributed by atoms with Gasteiger partial charge in [-0.3, -0.25) is 0 Å². The van der Waals surface area contributed by atoms with Crippen LogP contribution in [0.25, 0.3) is 0 Å². The van der Waals surface area contributed by atoms with Crippen LogP contribution in [-0.2, 0) is 6.42 Å². The Kier molecular flexibility index (Phi) is 4.15. The molecule has 0 bridgehead atoms. The van der Waals surface area contributed by atoms with Crippen LogP contribution in [0.15, 0.2) is 0 Å². The topological polar surface area (TPSA) is 87.0 Å². The molecule has 0 atom stereocenters. The number of aromatic nitrogens is 2. The number of hydrogen-bond acceptors (Lipinski definition) is 5. The smallest absolute Gasteiger partial charge is 0.242 e. The highest BCUT2D eigenvalue weighted by Crippen LogP contribution is 2.23. The summed E-state index contributed by atoms with van der Waals surface area (Å²) in [5, 5.41) is 0.